The Balaban J connectivity index is 2.35. The molecular formula is C8H13N3O2S. The number of thiol groups is 1. The van der Waals surface area contributed by atoms with E-state index in [1.807, 2.05) is 13.8 Å². The van der Waals surface area contributed by atoms with Crippen LogP contribution >= 0.6 is 12.6 Å². The fraction of sp³-hybridized carbons (Fsp3) is 0.625. The molecule has 1 aromatic heterocycles. The van der Waals surface area contributed by atoms with E-state index in [1.165, 1.54) is 6.39 Å². The maximum absolute atomic E-state index is 11.4. The summed E-state index contributed by atoms with van der Waals surface area (Å²) in [6.07, 6.45) is 1.22. The van der Waals surface area contributed by atoms with E-state index in [-0.39, 0.29) is 23.6 Å². The summed E-state index contributed by atoms with van der Waals surface area (Å²) in [6.45, 7) is 4.15. The molecule has 0 saturated heterocycles. The zero-order valence-electron chi connectivity index (χ0n) is 8.10. The molecule has 1 rings (SSSR count). The van der Waals surface area contributed by atoms with Gasteiger partial charge in [0.25, 0.3) is 0 Å². The number of nitrogens with one attached hydrogen (secondary N) is 1. The first-order valence-corrected chi connectivity index (χ1v) is 4.84. The fourth-order valence-corrected chi connectivity index (χ4v) is 0.935. The summed E-state index contributed by atoms with van der Waals surface area (Å²) in [4.78, 5) is 15.2. The molecule has 1 N–H and O–H groups in total. The highest BCUT2D eigenvalue weighted by Gasteiger charge is 2.17. The van der Waals surface area contributed by atoms with E-state index in [0.717, 1.165) is 0 Å². The van der Waals surface area contributed by atoms with Crippen LogP contribution in [0.4, 0.5) is 0 Å². The average molecular weight is 215 g/mol. The minimum absolute atomic E-state index is 0.117. The van der Waals surface area contributed by atoms with Crippen LogP contribution in [-0.2, 0) is 11.3 Å². The molecule has 1 heterocycles. The highest BCUT2D eigenvalue weighted by atomic mass is 32.1. The second-order valence-electron chi connectivity index (χ2n) is 3.25. The maximum atomic E-state index is 11.4. The molecule has 0 radical (unpaired) electrons. The molecule has 0 aliphatic rings. The lowest BCUT2D eigenvalue weighted by Gasteiger charge is -2.13. The zero-order valence-corrected chi connectivity index (χ0v) is 8.99. The summed E-state index contributed by atoms with van der Waals surface area (Å²) in [5.41, 5.74) is 0. The van der Waals surface area contributed by atoms with Crippen molar-refractivity contribution in [2.24, 2.45) is 5.92 Å². The van der Waals surface area contributed by atoms with Crippen molar-refractivity contribution in [3.8, 4) is 0 Å². The summed E-state index contributed by atoms with van der Waals surface area (Å²) >= 11 is 4.17. The van der Waals surface area contributed by atoms with Gasteiger partial charge in [-0.1, -0.05) is 19.0 Å². The number of carbonyl (C=O) groups is 1. The molecule has 14 heavy (non-hydrogen) atoms. The summed E-state index contributed by atoms with van der Waals surface area (Å²) in [7, 11) is 0. The van der Waals surface area contributed by atoms with E-state index < -0.39 is 0 Å². The maximum Gasteiger partial charge on any atom is 0.233 e. The molecule has 0 spiro atoms. The minimum Gasteiger partial charge on any atom is -0.348 e. The van der Waals surface area contributed by atoms with Crippen LogP contribution in [0, 0.1) is 5.92 Å². The molecule has 78 valence electrons. The highest BCUT2D eigenvalue weighted by Crippen LogP contribution is 2.08. The lowest BCUT2D eigenvalue weighted by atomic mass is 10.1. The van der Waals surface area contributed by atoms with Gasteiger partial charge in [-0.2, -0.15) is 17.6 Å². The predicted molar refractivity (Wildman–Crippen MR) is 53.8 cm³/mol. The third-order valence-corrected chi connectivity index (χ3v) is 2.56. The first-order chi connectivity index (χ1) is 6.61. The van der Waals surface area contributed by atoms with Gasteiger partial charge in [-0.25, -0.2) is 0 Å². The number of hydrogen-bond donors (Lipinski definition) is 2. The van der Waals surface area contributed by atoms with Crippen molar-refractivity contribution in [1.29, 1.82) is 0 Å². The topological polar surface area (TPSA) is 68.0 Å². The second kappa shape index (κ2) is 4.99. The number of hydrogen-bond acceptors (Lipinski definition) is 5. The van der Waals surface area contributed by atoms with Crippen molar-refractivity contribution >= 4 is 18.5 Å². The SMILES string of the molecule is CC(C)C(S)C(=O)NCc1ncon1. The quantitative estimate of drug-likeness (QED) is 0.723. The lowest BCUT2D eigenvalue weighted by molar-refractivity contribution is -0.121. The van der Waals surface area contributed by atoms with Gasteiger partial charge in [0, 0.05) is 0 Å². The lowest BCUT2D eigenvalue weighted by Crippen LogP contribution is -2.34. The zero-order chi connectivity index (χ0) is 10.6. The Kier molecular flexibility index (Phi) is 3.94. The van der Waals surface area contributed by atoms with Crippen LogP contribution in [0.15, 0.2) is 10.9 Å². The van der Waals surface area contributed by atoms with Gasteiger partial charge in [0.1, 0.15) is 0 Å². The molecule has 1 atom stereocenters. The van der Waals surface area contributed by atoms with Crippen LogP contribution < -0.4 is 5.32 Å². The predicted octanol–water partition coefficient (Wildman–Crippen LogP) is 0.640. The molecule has 0 fully saturated rings. The molecular weight excluding hydrogens is 202 g/mol. The van der Waals surface area contributed by atoms with Crippen LogP contribution in [0.5, 0.6) is 0 Å². The molecule has 1 unspecified atom stereocenters. The Morgan fingerprint density at radius 3 is 2.93 bits per heavy atom. The van der Waals surface area contributed by atoms with Crippen molar-refractivity contribution in [3.05, 3.63) is 12.2 Å². The average Bonchev–Trinajstić information content (AvgIpc) is 2.65. The number of carbonyl (C=O) groups excluding carboxylic acids is 1. The van der Waals surface area contributed by atoms with E-state index in [1.54, 1.807) is 0 Å². The van der Waals surface area contributed by atoms with Crippen LogP contribution in [0.3, 0.4) is 0 Å². The van der Waals surface area contributed by atoms with Crippen molar-refractivity contribution in [3.63, 3.8) is 0 Å². The Bertz CT molecular complexity index is 287. The highest BCUT2D eigenvalue weighted by molar-refractivity contribution is 7.81. The number of rotatable bonds is 4. The van der Waals surface area contributed by atoms with Gasteiger partial charge >= 0.3 is 0 Å². The van der Waals surface area contributed by atoms with Crippen molar-refractivity contribution < 1.29 is 9.32 Å². The minimum atomic E-state index is -0.304. The van der Waals surface area contributed by atoms with E-state index in [9.17, 15) is 4.79 Å². The van der Waals surface area contributed by atoms with Gasteiger partial charge < -0.3 is 9.84 Å². The third-order valence-electron chi connectivity index (χ3n) is 1.73. The summed E-state index contributed by atoms with van der Waals surface area (Å²) in [6, 6.07) is 0. The smallest absolute Gasteiger partial charge is 0.233 e. The molecule has 5 nitrogen and oxygen atoms in total. The van der Waals surface area contributed by atoms with Crippen LogP contribution in [-0.4, -0.2) is 21.3 Å². The molecule has 6 heteroatoms. The Morgan fingerprint density at radius 2 is 2.43 bits per heavy atom. The van der Waals surface area contributed by atoms with Crippen molar-refractivity contribution in [2.45, 2.75) is 25.6 Å². The number of nitrogens with zero attached hydrogens (tertiary/aromatic N) is 2. The largest absolute Gasteiger partial charge is 0.348 e. The Labute approximate surface area is 87.7 Å². The van der Waals surface area contributed by atoms with Crippen LogP contribution in [0.2, 0.25) is 0 Å². The van der Waals surface area contributed by atoms with Gasteiger partial charge in [-0.3, -0.25) is 4.79 Å². The van der Waals surface area contributed by atoms with E-state index in [0.29, 0.717) is 5.82 Å². The monoisotopic (exact) mass is 215 g/mol. The fourth-order valence-electron chi connectivity index (χ4n) is 0.844. The number of aromatic nitrogens is 2. The van der Waals surface area contributed by atoms with E-state index in [2.05, 4.69) is 32.6 Å². The molecule has 1 amide bonds. The van der Waals surface area contributed by atoms with Crippen molar-refractivity contribution in [1.82, 2.24) is 15.5 Å². The summed E-state index contributed by atoms with van der Waals surface area (Å²) in [5.74, 6) is 0.541. The Morgan fingerprint density at radius 1 is 1.71 bits per heavy atom. The molecule has 0 bridgehead atoms. The van der Waals surface area contributed by atoms with Gasteiger partial charge in [0.05, 0.1) is 11.8 Å². The molecule has 0 saturated carbocycles. The standard InChI is InChI=1S/C8H13N3O2S/c1-5(2)7(14)8(12)9-3-6-10-4-13-11-6/h4-5,7,14H,3H2,1-2H3,(H,9,12). The van der Waals surface area contributed by atoms with Gasteiger partial charge in [-0.15, -0.1) is 0 Å². The van der Waals surface area contributed by atoms with Crippen molar-refractivity contribution in [2.75, 3.05) is 0 Å². The second-order valence-corrected chi connectivity index (χ2v) is 3.81. The molecule has 0 aliphatic heterocycles. The third kappa shape index (κ3) is 3.02. The Hall–Kier alpha value is -1.04. The van der Waals surface area contributed by atoms with Gasteiger partial charge in [0.15, 0.2) is 5.82 Å². The van der Waals surface area contributed by atoms with Gasteiger partial charge in [0.2, 0.25) is 12.3 Å². The van der Waals surface area contributed by atoms with Crippen LogP contribution in [0.25, 0.3) is 0 Å². The molecule has 0 aliphatic carbocycles. The van der Waals surface area contributed by atoms with Crippen LogP contribution in [0.1, 0.15) is 19.7 Å². The van der Waals surface area contributed by atoms with Gasteiger partial charge in [-0.05, 0) is 5.92 Å². The molecule has 1 aromatic rings. The van der Waals surface area contributed by atoms with E-state index in [4.69, 9.17) is 0 Å². The normalized spacial score (nSPS) is 12.9. The summed E-state index contributed by atoms with van der Waals surface area (Å²) < 4.78 is 4.52. The summed E-state index contributed by atoms with van der Waals surface area (Å²) in [5, 5.41) is 5.93. The molecule has 0 aromatic carbocycles. The van der Waals surface area contributed by atoms with E-state index >= 15 is 0 Å². The first kappa shape index (κ1) is 11.0. The number of amides is 1. The first-order valence-electron chi connectivity index (χ1n) is 4.32.